The van der Waals surface area contributed by atoms with Gasteiger partial charge in [0.05, 0.1) is 5.41 Å². The molecule has 2 N–H and O–H groups in total. The predicted octanol–water partition coefficient (Wildman–Crippen LogP) is 3.02. The maximum atomic E-state index is 12.3. The topological polar surface area (TPSA) is 41.1 Å². The van der Waals surface area contributed by atoms with E-state index in [9.17, 15) is 4.79 Å². The largest absolute Gasteiger partial charge is 0.354 e. The Morgan fingerprint density at radius 1 is 1.30 bits per heavy atom. The molecule has 3 nitrogen and oxygen atoms in total. The van der Waals surface area contributed by atoms with E-state index in [1.807, 2.05) is 18.2 Å². The fourth-order valence-corrected chi connectivity index (χ4v) is 2.69. The zero-order chi connectivity index (χ0) is 13.7. The number of benzene rings is 1. The molecule has 1 saturated carbocycles. The molecule has 1 amide bonds. The second-order valence-corrected chi connectivity index (χ2v) is 6.01. The van der Waals surface area contributed by atoms with Crippen LogP contribution >= 0.6 is 28.3 Å². The summed E-state index contributed by atoms with van der Waals surface area (Å²) in [5.41, 5.74) is 0.857. The smallest absolute Gasteiger partial charge is 0.230 e. The SMILES string of the molecule is CCCNCCNC(=O)C1(c2cccc(Br)c2)CC1.Cl. The van der Waals surface area contributed by atoms with Crippen molar-refractivity contribution in [2.45, 2.75) is 31.6 Å². The van der Waals surface area contributed by atoms with Gasteiger partial charge < -0.3 is 10.6 Å². The monoisotopic (exact) mass is 360 g/mol. The van der Waals surface area contributed by atoms with Crippen molar-refractivity contribution >= 4 is 34.2 Å². The van der Waals surface area contributed by atoms with Gasteiger partial charge in [-0.15, -0.1) is 12.4 Å². The summed E-state index contributed by atoms with van der Waals surface area (Å²) in [5.74, 6) is 0.170. The first-order chi connectivity index (χ1) is 9.19. The molecule has 1 aromatic carbocycles. The highest BCUT2D eigenvalue weighted by Crippen LogP contribution is 2.48. The maximum absolute atomic E-state index is 12.3. The fourth-order valence-electron chi connectivity index (χ4n) is 2.29. The summed E-state index contributed by atoms with van der Waals surface area (Å²) in [6.07, 6.45) is 3.03. The molecule has 2 rings (SSSR count). The molecule has 5 heteroatoms. The van der Waals surface area contributed by atoms with Crippen LogP contribution in [-0.4, -0.2) is 25.5 Å². The second kappa shape index (κ2) is 8.01. The lowest BCUT2D eigenvalue weighted by molar-refractivity contribution is -0.123. The Morgan fingerprint density at radius 3 is 2.65 bits per heavy atom. The molecule has 0 aromatic heterocycles. The lowest BCUT2D eigenvalue weighted by Crippen LogP contribution is -2.38. The van der Waals surface area contributed by atoms with E-state index in [1.54, 1.807) is 0 Å². The summed E-state index contributed by atoms with van der Waals surface area (Å²) in [5, 5.41) is 6.33. The summed E-state index contributed by atoms with van der Waals surface area (Å²) in [4.78, 5) is 12.3. The van der Waals surface area contributed by atoms with Crippen LogP contribution in [0.15, 0.2) is 28.7 Å². The van der Waals surface area contributed by atoms with Gasteiger partial charge in [0, 0.05) is 17.6 Å². The van der Waals surface area contributed by atoms with E-state index in [0.29, 0.717) is 6.54 Å². The third-order valence-electron chi connectivity index (χ3n) is 3.58. The van der Waals surface area contributed by atoms with Crippen LogP contribution in [0.5, 0.6) is 0 Å². The molecule has 0 saturated heterocycles. The summed E-state index contributed by atoms with van der Waals surface area (Å²) in [6.45, 7) is 4.69. The van der Waals surface area contributed by atoms with Gasteiger partial charge in [-0.25, -0.2) is 0 Å². The Kier molecular flexibility index (Phi) is 7.00. The Bertz CT molecular complexity index is 449. The fraction of sp³-hybridized carbons (Fsp3) is 0.533. The summed E-state index contributed by atoms with van der Waals surface area (Å²) >= 11 is 3.47. The van der Waals surface area contributed by atoms with Gasteiger partial charge in [0.1, 0.15) is 0 Å². The number of halogens is 2. The summed E-state index contributed by atoms with van der Waals surface area (Å²) < 4.78 is 1.04. The van der Waals surface area contributed by atoms with Gasteiger partial charge in [-0.3, -0.25) is 4.79 Å². The van der Waals surface area contributed by atoms with Crippen LogP contribution < -0.4 is 10.6 Å². The van der Waals surface area contributed by atoms with Crippen LogP contribution in [0, 0.1) is 0 Å². The van der Waals surface area contributed by atoms with E-state index in [0.717, 1.165) is 42.4 Å². The van der Waals surface area contributed by atoms with Crippen molar-refractivity contribution < 1.29 is 4.79 Å². The molecule has 1 fully saturated rings. The minimum absolute atomic E-state index is 0. The van der Waals surface area contributed by atoms with Crippen molar-refractivity contribution in [2.24, 2.45) is 0 Å². The van der Waals surface area contributed by atoms with Crippen molar-refractivity contribution in [3.05, 3.63) is 34.3 Å². The molecule has 0 bridgehead atoms. The van der Waals surface area contributed by atoms with Crippen LogP contribution in [0.2, 0.25) is 0 Å². The number of amides is 1. The third kappa shape index (κ3) is 4.21. The second-order valence-electron chi connectivity index (χ2n) is 5.10. The molecule has 112 valence electrons. The highest BCUT2D eigenvalue weighted by atomic mass is 79.9. The van der Waals surface area contributed by atoms with Crippen molar-refractivity contribution in [1.82, 2.24) is 10.6 Å². The van der Waals surface area contributed by atoms with E-state index >= 15 is 0 Å². The molecule has 0 unspecified atom stereocenters. The highest BCUT2D eigenvalue weighted by Gasteiger charge is 2.51. The number of rotatable bonds is 7. The number of hydrogen-bond acceptors (Lipinski definition) is 2. The van der Waals surface area contributed by atoms with Crippen molar-refractivity contribution in [3.8, 4) is 0 Å². The molecule has 0 spiro atoms. The van der Waals surface area contributed by atoms with Gasteiger partial charge in [-0.2, -0.15) is 0 Å². The molecule has 1 aliphatic rings. The summed E-state index contributed by atoms with van der Waals surface area (Å²) in [7, 11) is 0. The zero-order valence-corrected chi connectivity index (χ0v) is 14.1. The van der Waals surface area contributed by atoms with Gasteiger partial charge in [-0.1, -0.05) is 35.0 Å². The first-order valence-corrected chi connectivity index (χ1v) is 7.73. The van der Waals surface area contributed by atoms with E-state index in [1.165, 1.54) is 0 Å². The van der Waals surface area contributed by atoms with Crippen LogP contribution in [0.25, 0.3) is 0 Å². The normalized spacial score (nSPS) is 15.3. The molecule has 1 aromatic rings. The quantitative estimate of drug-likeness (QED) is 0.733. The van der Waals surface area contributed by atoms with E-state index in [2.05, 4.69) is 39.6 Å². The van der Waals surface area contributed by atoms with Crippen LogP contribution in [0.3, 0.4) is 0 Å². The van der Waals surface area contributed by atoms with Crippen molar-refractivity contribution in [3.63, 3.8) is 0 Å². The number of nitrogens with one attached hydrogen (secondary N) is 2. The first kappa shape index (κ1) is 17.5. The van der Waals surface area contributed by atoms with Gasteiger partial charge in [0.2, 0.25) is 5.91 Å². The number of hydrogen-bond donors (Lipinski definition) is 2. The van der Waals surface area contributed by atoms with E-state index < -0.39 is 0 Å². The van der Waals surface area contributed by atoms with Crippen LogP contribution in [-0.2, 0) is 10.2 Å². The molecule has 20 heavy (non-hydrogen) atoms. The zero-order valence-electron chi connectivity index (χ0n) is 11.7. The minimum atomic E-state index is -0.269. The van der Waals surface area contributed by atoms with E-state index in [-0.39, 0.29) is 23.7 Å². The Morgan fingerprint density at radius 2 is 2.05 bits per heavy atom. The van der Waals surface area contributed by atoms with Crippen molar-refractivity contribution in [1.29, 1.82) is 0 Å². The molecule has 0 atom stereocenters. The maximum Gasteiger partial charge on any atom is 0.230 e. The van der Waals surface area contributed by atoms with Crippen LogP contribution in [0.4, 0.5) is 0 Å². The Balaban J connectivity index is 0.00000200. The standard InChI is InChI=1S/C15H21BrN2O.ClH/c1-2-8-17-9-10-18-14(19)15(6-7-15)12-4-3-5-13(16)11-12;/h3-5,11,17H,2,6-10H2,1H3,(H,18,19);1H. The molecule has 0 radical (unpaired) electrons. The van der Waals surface area contributed by atoms with E-state index in [4.69, 9.17) is 0 Å². The lowest BCUT2D eigenvalue weighted by atomic mass is 9.95. The predicted molar refractivity (Wildman–Crippen MR) is 88.5 cm³/mol. The molecule has 0 aliphatic heterocycles. The Hall–Kier alpha value is -0.580. The highest BCUT2D eigenvalue weighted by molar-refractivity contribution is 9.10. The third-order valence-corrected chi connectivity index (χ3v) is 4.07. The van der Waals surface area contributed by atoms with Crippen LogP contribution in [0.1, 0.15) is 31.7 Å². The Labute approximate surface area is 135 Å². The van der Waals surface area contributed by atoms with Crippen molar-refractivity contribution in [2.75, 3.05) is 19.6 Å². The van der Waals surface area contributed by atoms with Gasteiger partial charge in [0.15, 0.2) is 0 Å². The van der Waals surface area contributed by atoms with Gasteiger partial charge in [-0.05, 0) is 43.5 Å². The van der Waals surface area contributed by atoms with Gasteiger partial charge >= 0.3 is 0 Å². The summed E-state index contributed by atoms with van der Waals surface area (Å²) in [6, 6.07) is 8.09. The molecule has 0 heterocycles. The lowest BCUT2D eigenvalue weighted by Gasteiger charge is -2.16. The number of carbonyl (C=O) groups excluding carboxylic acids is 1. The minimum Gasteiger partial charge on any atom is -0.354 e. The molecular weight excluding hydrogens is 340 g/mol. The average molecular weight is 362 g/mol. The molecular formula is C15H22BrClN2O. The number of carbonyl (C=O) groups is 1. The van der Waals surface area contributed by atoms with Gasteiger partial charge in [0.25, 0.3) is 0 Å². The molecule has 1 aliphatic carbocycles. The average Bonchev–Trinajstić information content (AvgIpc) is 3.20. The first-order valence-electron chi connectivity index (χ1n) is 6.94.